The molecule has 2 aromatic carbocycles. The van der Waals surface area contributed by atoms with Crippen LogP contribution in [-0.4, -0.2) is 47.8 Å². The molecular formula is C25H20N6O5S. The lowest BCUT2D eigenvalue weighted by molar-refractivity contribution is 0.400. The van der Waals surface area contributed by atoms with Crippen LogP contribution in [0.2, 0.25) is 0 Å². The van der Waals surface area contributed by atoms with Crippen LogP contribution in [-0.2, 0) is 16.6 Å². The highest BCUT2D eigenvalue weighted by Crippen LogP contribution is 2.34. The van der Waals surface area contributed by atoms with Crippen LogP contribution in [0.1, 0.15) is 16.8 Å². The van der Waals surface area contributed by atoms with Crippen LogP contribution in [0.3, 0.4) is 0 Å². The summed E-state index contributed by atoms with van der Waals surface area (Å²) in [7, 11) is -1.37. The van der Waals surface area contributed by atoms with E-state index in [1.165, 1.54) is 25.1 Å². The van der Waals surface area contributed by atoms with Crippen molar-refractivity contribution in [2.75, 3.05) is 18.9 Å². The molecular weight excluding hydrogens is 496 g/mol. The summed E-state index contributed by atoms with van der Waals surface area (Å²) in [6.07, 6.45) is 3.10. The van der Waals surface area contributed by atoms with Crippen LogP contribution in [0.15, 0.2) is 76.4 Å². The van der Waals surface area contributed by atoms with Crippen molar-refractivity contribution in [3.05, 3.63) is 83.8 Å². The van der Waals surface area contributed by atoms with Crippen molar-refractivity contribution >= 4 is 26.8 Å². The Morgan fingerprint density at radius 3 is 2.46 bits per heavy atom. The number of fused-ring (bicyclic) bond motifs is 1. The molecule has 0 fully saturated rings. The van der Waals surface area contributed by atoms with E-state index in [9.17, 15) is 8.42 Å². The molecule has 0 atom stereocenters. The van der Waals surface area contributed by atoms with Crippen LogP contribution in [0.5, 0.6) is 11.6 Å². The average Bonchev–Trinajstić information content (AvgIpc) is 3.57. The minimum Gasteiger partial charge on any atom is -0.495 e. The Balaban J connectivity index is 1.49. The van der Waals surface area contributed by atoms with Gasteiger partial charge in [0.15, 0.2) is 11.4 Å². The van der Waals surface area contributed by atoms with Gasteiger partial charge in [-0.2, -0.15) is 15.0 Å². The maximum Gasteiger partial charge on any atom is 0.266 e. The lowest BCUT2D eigenvalue weighted by atomic mass is 10.2. The van der Waals surface area contributed by atoms with Crippen molar-refractivity contribution in [2.24, 2.45) is 0 Å². The number of benzene rings is 2. The smallest absolute Gasteiger partial charge is 0.266 e. The molecule has 5 aromatic rings. The Labute approximate surface area is 212 Å². The van der Waals surface area contributed by atoms with E-state index in [4.69, 9.17) is 14.0 Å². The van der Waals surface area contributed by atoms with E-state index in [0.29, 0.717) is 11.3 Å². The van der Waals surface area contributed by atoms with Gasteiger partial charge in [-0.3, -0.25) is 4.72 Å². The molecule has 3 heterocycles. The van der Waals surface area contributed by atoms with Gasteiger partial charge in [0.1, 0.15) is 22.6 Å². The fourth-order valence-electron chi connectivity index (χ4n) is 3.56. The summed E-state index contributed by atoms with van der Waals surface area (Å²) in [6.45, 7) is 0.259. The predicted molar refractivity (Wildman–Crippen MR) is 134 cm³/mol. The Morgan fingerprint density at radius 2 is 1.73 bits per heavy atom. The van der Waals surface area contributed by atoms with Crippen LogP contribution >= 0.6 is 0 Å². The number of anilines is 1. The molecule has 186 valence electrons. The van der Waals surface area contributed by atoms with Crippen molar-refractivity contribution in [2.45, 2.75) is 11.4 Å². The standard InChI is InChI=1S/C25H20N6O5S/c1-34-20-11-10-18(9-8-17-6-4-3-5-7-17)14-22(20)37(32,33)30-24-23-21(36-29-24)15-19(28-25(23)35-2)16-31-26-12-13-27-31/h3-7,10-15H,16H2,1-2H3,(H,29,30). The molecule has 0 spiro atoms. The maximum atomic E-state index is 13.4. The average molecular weight is 517 g/mol. The van der Waals surface area contributed by atoms with E-state index in [2.05, 4.69) is 36.9 Å². The second-order valence-electron chi connectivity index (χ2n) is 7.67. The third kappa shape index (κ3) is 5.07. The van der Waals surface area contributed by atoms with Gasteiger partial charge in [0.25, 0.3) is 10.0 Å². The summed E-state index contributed by atoms with van der Waals surface area (Å²) in [5.74, 6) is 6.19. The zero-order valence-electron chi connectivity index (χ0n) is 19.7. The summed E-state index contributed by atoms with van der Waals surface area (Å²) < 4.78 is 45.4. The van der Waals surface area contributed by atoms with Gasteiger partial charge in [-0.1, -0.05) is 35.2 Å². The molecule has 1 N–H and O–H groups in total. The quantitative estimate of drug-likeness (QED) is 0.324. The number of ether oxygens (including phenoxy) is 2. The van der Waals surface area contributed by atoms with E-state index in [1.54, 1.807) is 30.6 Å². The predicted octanol–water partition coefficient (Wildman–Crippen LogP) is 3.08. The monoisotopic (exact) mass is 516 g/mol. The molecule has 37 heavy (non-hydrogen) atoms. The zero-order chi connectivity index (χ0) is 25.8. The first-order valence-corrected chi connectivity index (χ1v) is 12.4. The van der Waals surface area contributed by atoms with Crippen LogP contribution < -0.4 is 14.2 Å². The molecule has 0 saturated carbocycles. The van der Waals surface area contributed by atoms with Gasteiger partial charge < -0.3 is 14.0 Å². The van der Waals surface area contributed by atoms with E-state index in [-0.39, 0.29) is 39.9 Å². The summed E-state index contributed by atoms with van der Waals surface area (Å²) in [5, 5.41) is 12.3. The SMILES string of the molecule is COc1ccc(C#Cc2ccccc2)cc1S(=O)(=O)Nc1noc2cc(Cn3nccn3)nc(OC)c12. The maximum absolute atomic E-state index is 13.4. The number of nitrogens with one attached hydrogen (secondary N) is 1. The second-order valence-corrected chi connectivity index (χ2v) is 9.32. The molecule has 0 radical (unpaired) electrons. The Morgan fingerprint density at radius 1 is 0.973 bits per heavy atom. The highest BCUT2D eigenvalue weighted by Gasteiger charge is 2.25. The molecule has 0 aliphatic heterocycles. The third-order valence-corrected chi connectivity index (χ3v) is 6.61. The molecule has 11 nitrogen and oxygen atoms in total. The van der Waals surface area contributed by atoms with Gasteiger partial charge in [-0.25, -0.2) is 13.4 Å². The number of pyridine rings is 1. The third-order valence-electron chi connectivity index (χ3n) is 5.25. The number of hydrogen-bond donors (Lipinski definition) is 1. The fraction of sp³-hybridized carbons (Fsp3) is 0.120. The molecule has 0 aliphatic rings. The number of methoxy groups -OCH3 is 2. The first-order chi connectivity index (χ1) is 18.0. The van der Waals surface area contributed by atoms with Gasteiger partial charge in [0.05, 0.1) is 32.3 Å². The highest BCUT2D eigenvalue weighted by molar-refractivity contribution is 7.92. The molecule has 5 rings (SSSR count). The Bertz CT molecular complexity index is 1720. The van der Waals surface area contributed by atoms with Crippen LogP contribution in [0, 0.1) is 11.8 Å². The van der Waals surface area contributed by atoms with Gasteiger partial charge in [-0.05, 0) is 30.3 Å². The van der Waals surface area contributed by atoms with E-state index in [1.807, 2.05) is 30.3 Å². The zero-order valence-corrected chi connectivity index (χ0v) is 20.6. The summed E-state index contributed by atoms with van der Waals surface area (Å²) in [6, 6.07) is 15.7. The summed E-state index contributed by atoms with van der Waals surface area (Å²) >= 11 is 0. The number of nitrogens with zero attached hydrogens (tertiary/aromatic N) is 5. The van der Waals surface area contributed by atoms with Crippen molar-refractivity contribution in [3.63, 3.8) is 0 Å². The van der Waals surface area contributed by atoms with Gasteiger partial charge in [0.2, 0.25) is 5.88 Å². The number of sulfonamides is 1. The Hall–Kier alpha value is -4.89. The lowest BCUT2D eigenvalue weighted by Gasteiger charge is -2.11. The number of hydrogen-bond acceptors (Lipinski definition) is 9. The largest absolute Gasteiger partial charge is 0.495 e. The van der Waals surface area contributed by atoms with E-state index in [0.717, 1.165) is 5.56 Å². The van der Waals surface area contributed by atoms with Crippen LogP contribution in [0.25, 0.3) is 11.0 Å². The van der Waals surface area contributed by atoms with Gasteiger partial charge in [0, 0.05) is 17.2 Å². The summed E-state index contributed by atoms with van der Waals surface area (Å²) in [4.78, 5) is 5.76. The second kappa shape index (κ2) is 10.00. The van der Waals surface area contributed by atoms with Crippen molar-refractivity contribution < 1.29 is 22.4 Å². The fourth-order valence-corrected chi connectivity index (χ4v) is 4.76. The van der Waals surface area contributed by atoms with E-state index >= 15 is 0 Å². The molecule has 0 aliphatic carbocycles. The molecule has 0 bridgehead atoms. The van der Waals surface area contributed by atoms with Crippen molar-refractivity contribution in [1.82, 2.24) is 25.1 Å². The molecule has 3 aromatic heterocycles. The minimum absolute atomic E-state index is 0.0778. The van der Waals surface area contributed by atoms with Crippen molar-refractivity contribution in [3.8, 4) is 23.5 Å². The first kappa shape index (κ1) is 23.8. The normalized spacial score (nSPS) is 11.1. The number of aromatic nitrogens is 5. The number of rotatable bonds is 7. The summed E-state index contributed by atoms with van der Waals surface area (Å²) in [5.41, 5.74) is 2.11. The molecule has 0 amide bonds. The minimum atomic E-state index is -4.17. The topological polar surface area (TPSA) is 134 Å². The molecule has 0 saturated heterocycles. The van der Waals surface area contributed by atoms with Crippen LogP contribution in [0.4, 0.5) is 5.82 Å². The molecule has 12 heteroatoms. The lowest BCUT2D eigenvalue weighted by Crippen LogP contribution is -2.15. The van der Waals surface area contributed by atoms with E-state index < -0.39 is 10.0 Å². The van der Waals surface area contributed by atoms with Crippen molar-refractivity contribution in [1.29, 1.82) is 0 Å². The molecule has 0 unspecified atom stereocenters. The van der Waals surface area contributed by atoms with Gasteiger partial charge in [-0.15, -0.1) is 0 Å². The highest BCUT2D eigenvalue weighted by atomic mass is 32.2. The first-order valence-electron chi connectivity index (χ1n) is 10.9. The Kier molecular flexibility index (Phi) is 6.44. The van der Waals surface area contributed by atoms with Gasteiger partial charge >= 0.3 is 0 Å².